The molecular formula is C11H12N2O5S2. The van der Waals surface area contributed by atoms with E-state index in [0.717, 1.165) is 6.26 Å². The van der Waals surface area contributed by atoms with E-state index in [9.17, 15) is 18.0 Å². The van der Waals surface area contributed by atoms with Crippen LogP contribution in [0.25, 0.3) is 0 Å². The second-order valence-electron chi connectivity index (χ2n) is 4.78. The lowest BCUT2D eigenvalue weighted by atomic mass is 10.2. The Hall–Kier alpha value is -1.45. The SMILES string of the molecule is CS(=O)(=O)O[C@@H]1C[C@H]2C(=O)Nc3sccc3C(=O)N2C1. The Labute approximate surface area is 119 Å². The molecule has 1 aromatic rings. The van der Waals surface area contributed by atoms with Gasteiger partial charge in [0.15, 0.2) is 0 Å². The van der Waals surface area contributed by atoms with Gasteiger partial charge in [-0.05, 0) is 11.4 Å². The molecule has 0 bridgehead atoms. The van der Waals surface area contributed by atoms with E-state index in [4.69, 9.17) is 4.18 Å². The Morgan fingerprint density at radius 3 is 2.90 bits per heavy atom. The Morgan fingerprint density at radius 1 is 1.45 bits per heavy atom. The Morgan fingerprint density at radius 2 is 2.20 bits per heavy atom. The number of thiophene rings is 1. The fraction of sp³-hybridized carbons (Fsp3) is 0.455. The number of nitrogens with one attached hydrogen (secondary N) is 1. The molecule has 2 aliphatic rings. The third-order valence-electron chi connectivity index (χ3n) is 3.27. The third kappa shape index (κ3) is 2.32. The highest BCUT2D eigenvalue weighted by Gasteiger charge is 2.44. The van der Waals surface area contributed by atoms with Gasteiger partial charge < -0.3 is 10.2 Å². The minimum absolute atomic E-state index is 0.0965. The van der Waals surface area contributed by atoms with E-state index in [2.05, 4.69) is 5.32 Å². The number of carbonyl (C=O) groups is 2. The van der Waals surface area contributed by atoms with Crippen molar-refractivity contribution in [3.8, 4) is 0 Å². The van der Waals surface area contributed by atoms with E-state index in [1.165, 1.54) is 16.2 Å². The number of amides is 2. The van der Waals surface area contributed by atoms with Gasteiger partial charge in [0.05, 0.1) is 17.9 Å². The predicted octanol–water partition coefficient (Wildman–Crippen LogP) is 0.259. The van der Waals surface area contributed by atoms with Gasteiger partial charge >= 0.3 is 0 Å². The van der Waals surface area contributed by atoms with Gasteiger partial charge in [-0.3, -0.25) is 13.8 Å². The van der Waals surface area contributed by atoms with Crippen LogP contribution in [0.2, 0.25) is 0 Å². The lowest BCUT2D eigenvalue weighted by molar-refractivity contribution is -0.119. The van der Waals surface area contributed by atoms with E-state index >= 15 is 0 Å². The van der Waals surface area contributed by atoms with Crippen molar-refractivity contribution in [3.63, 3.8) is 0 Å². The summed E-state index contributed by atoms with van der Waals surface area (Å²) in [6.45, 7) is 0.0965. The molecule has 2 atom stereocenters. The standard InChI is InChI=1S/C11H12N2O5S2/c1-20(16,17)18-6-4-8-9(14)12-10-7(2-3-19-10)11(15)13(8)5-6/h2-3,6,8H,4-5H2,1H3,(H,12,14)/t6-,8+/m1/s1. The number of anilines is 1. The molecule has 3 rings (SSSR count). The fourth-order valence-electron chi connectivity index (χ4n) is 2.51. The van der Waals surface area contributed by atoms with Crippen LogP contribution in [0.3, 0.4) is 0 Å². The maximum atomic E-state index is 12.4. The lowest BCUT2D eigenvalue weighted by Gasteiger charge is -2.19. The Kier molecular flexibility index (Phi) is 3.07. The highest BCUT2D eigenvalue weighted by atomic mass is 32.2. The van der Waals surface area contributed by atoms with Crippen LogP contribution in [-0.2, 0) is 19.1 Å². The summed E-state index contributed by atoms with van der Waals surface area (Å²) in [4.78, 5) is 25.9. The van der Waals surface area contributed by atoms with Crippen LogP contribution in [0.1, 0.15) is 16.8 Å². The summed E-state index contributed by atoms with van der Waals surface area (Å²) >= 11 is 1.29. The summed E-state index contributed by atoms with van der Waals surface area (Å²) < 4.78 is 27.2. The minimum atomic E-state index is -3.61. The first-order valence-electron chi connectivity index (χ1n) is 5.93. The second kappa shape index (κ2) is 4.54. The maximum absolute atomic E-state index is 12.4. The molecule has 3 heterocycles. The zero-order chi connectivity index (χ0) is 14.5. The van der Waals surface area contributed by atoms with E-state index in [1.807, 2.05) is 0 Å². The van der Waals surface area contributed by atoms with E-state index in [1.54, 1.807) is 11.4 Å². The highest BCUT2D eigenvalue weighted by molar-refractivity contribution is 7.86. The Balaban J connectivity index is 1.89. The molecule has 0 aliphatic carbocycles. The van der Waals surface area contributed by atoms with Crippen molar-refractivity contribution in [2.75, 3.05) is 18.1 Å². The minimum Gasteiger partial charge on any atom is -0.324 e. The molecule has 1 fully saturated rings. The van der Waals surface area contributed by atoms with Crippen molar-refractivity contribution in [3.05, 3.63) is 17.0 Å². The first-order chi connectivity index (χ1) is 9.35. The average Bonchev–Trinajstić information content (AvgIpc) is 2.90. The van der Waals surface area contributed by atoms with E-state index in [0.29, 0.717) is 10.6 Å². The van der Waals surface area contributed by atoms with Gasteiger partial charge in [-0.2, -0.15) is 8.42 Å². The van der Waals surface area contributed by atoms with Gasteiger partial charge in [-0.15, -0.1) is 11.3 Å². The van der Waals surface area contributed by atoms with Gasteiger partial charge in [0, 0.05) is 13.0 Å². The van der Waals surface area contributed by atoms with Crippen molar-refractivity contribution in [1.29, 1.82) is 0 Å². The zero-order valence-corrected chi connectivity index (χ0v) is 12.2. The maximum Gasteiger partial charge on any atom is 0.264 e. The number of carbonyl (C=O) groups excluding carboxylic acids is 2. The van der Waals surface area contributed by atoms with Crippen molar-refractivity contribution >= 4 is 38.3 Å². The van der Waals surface area contributed by atoms with Crippen molar-refractivity contribution in [2.45, 2.75) is 18.6 Å². The summed E-state index contributed by atoms with van der Waals surface area (Å²) in [5.41, 5.74) is 0.436. The summed E-state index contributed by atoms with van der Waals surface area (Å²) in [6, 6.07) is 0.962. The van der Waals surface area contributed by atoms with Crippen LogP contribution in [0.15, 0.2) is 11.4 Å². The number of hydrogen-bond acceptors (Lipinski definition) is 6. The van der Waals surface area contributed by atoms with Crippen LogP contribution in [0.5, 0.6) is 0 Å². The van der Waals surface area contributed by atoms with E-state index in [-0.39, 0.29) is 24.8 Å². The van der Waals surface area contributed by atoms with Gasteiger partial charge in [-0.1, -0.05) is 0 Å². The smallest absolute Gasteiger partial charge is 0.264 e. The normalized spacial score (nSPS) is 25.9. The molecule has 7 nitrogen and oxygen atoms in total. The van der Waals surface area contributed by atoms with Crippen molar-refractivity contribution < 1.29 is 22.2 Å². The van der Waals surface area contributed by atoms with E-state index < -0.39 is 22.3 Å². The van der Waals surface area contributed by atoms with Crippen LogP contribution < -0.4 is 5.32 Å². The molecular weight excluding hydrogens is 304 g/mol. The monoisotopic (exact) mass is 316 g/mol. The molecule has 0 unspecified atom stereocenters. The zero-order valence-electron chi connectivity index (χ0n) is 10.5. The molecule has 1 N–H and O–H groups in total. The number of rotatable bonds is 2. The molecule has 0 aromatic carbocycles. The van der Waals surface area contributed by atoms with Crippen LogP contribution in [-0.4, -0.2) is 50.1 Å². The lowest BCUT2D eigenvalue weighted by Crippen LogP contribution is -2.40. The van der Waals surface area contributed by atoms with Gasteiger partial charge in [-0.25, -0.2) is 0 Å². The number of nitrogens with zero attached hydrogens (tertiary/aromatic N) is 1. The second-order valence-corrected chi connectivity index (χ2v) is 7.30. The van der Waals surface area contributed by atoms with Crippen LogP contribution in [0.4, 0.5) is 5.00 Å². The van der Waals surface area contributed by atoms with Crippen molar-refractivity contribution in [2.24, 2.45) is 0 Å². The van der Waals surface area contributed by atoms with Crippen LogP contribution >= 0.6 is 11.3 Å². The molecule has 108 valence electrons. The molecule has 2 amide bonds. The molecule has 2 aliphatic heterocycles. The quantitative estimate of drug-likeness (QED) is 0.790. The first kappa shape index (κ1) is 13.5. The number of hydrogen-bond donors (Lipinski definition) is 1. The molecule has 0 saturated carbocycles. The third-order valence-corrected chi connectivity index (χ3v) is 4.72. The van der Waals surface area contributed by atoms with Gasteiger partial charge in [0.2, 0.25) is 5.91 Å². The summed E-state index contributed by atoms with van der Waals surface area (Å²) in [6.07, 6.45) is 0.458. The summed E-state index contributed by atoms with van der Waals surface area (Å²) in [5, 5.41) is 4.96. The fourth-order valence-corrected chi connectivity index (χ4v) is 3.93. The Bertz CT molecular complexity index is 681. The summed E-state index contributed by atoms with van der Waals surface area (Å²) in [7, 11) is -3.61. The predicted molar refractivity (Wildman–Crippen MR) is 72.1 cm³/mol. The number of fused-ring (bicyclic) bond motifs is 2. The van der Waals surface area contributed by atoms with Gasteiger partial charge in [0.1, 0.15) is 11.0 Å². The molecule has 0 radical (unpaired) electrons. The first-order valence-corrected chi connectivity index (χ1v) is 8.62. The van der Waals surface area contributed by atoms with Gasteiger partial charge in [0.25, 0.3) is 16.0 Å². The molecule has 1 aromatic heterocycles. The summed E-state index contributed by atoms with van der Waals surface area (Å²) in [5.74, 6) is -0.580. The average molecular weight is 316 g/mol. The van der Waals surface area contributed by atoms with Crippen LogP contribution in [0, 0.1) is 0 Å². The highest BCUT2D eigenvalue weighted by Crippen LogP contribution is 2.33. The molecule has 20 heavy (non-hydrogen) atoms. The topological polar surface area (TPSA) is 92.8 Å². The molecule has 9 heteroatoms. The largest absolute Gasteiger partial charge is 0.324 e. The van der Waals surface area contributed by atoms with Crippen molar-refractivity contribution in [1.82, 2.24) is 4.90 Å². The molecule has 1 saturated heterocycles. The molecule has 0 spiro atoms.